The monoisotopic (exact) mass is 341 g/mol. The number of Topliss-reactive ketones (excluding diaryl/α,β-unsaturated/α-hetero) is 1. The molecule has 0 aliphatic carbocycles. The van der Waals surface area contributed by atoms with Crippen molar-refractivity contribution in [2.75, 3.05) is 26.2 Å². The summed E-state index contributed by atoms with van der Waals surface area (Å²) in [6.45, 7) is 0.606. The second-order valence-electron chi connectivity index (χ2n) is 4.99. The van der Waals surface area contributed by atoms with Gasteiger partial charge in [-0.15, -0.1) is 0 Å². The van der Waals surface area contributed by atoms with E-state index in [1.807, 2.05) is 6.92 Å². The Kier molecular flexibility index (Phi) is 11.5. The minimum Gasteiger partial charge on any atom is -0.347 e. The lowest BCUT2D eigenvalue weighted by Crippen LogP contribution is -2.45. The van der Waals surface area contributed by atoms with Gasteiger partial charge in [-0.05, 0) is 6.42 Å². The van der Waals surface area contributed by atoms with Crippen molar-refractivity contribution in [3.8, 4) is 0 Å². The average Bonchev–Trinajstić information content (AvgIpc) is 2.55. The second-order valence-corrected chi connectivity index (χ2v) is 4.99. The molecule has 134 valence electrons. The highest BCUT2D eigenvalue weighted by molar-refractivity contribution is 5.91. The van der Waals surface area contributed by atoms with Crippen molar-refractivity contribution in [2.45, 2.75) is 32.6 Å². The van der Waals surface area contributed by atoms with Crippen molar-refractivity contribution in [3.63, 3.8) is 0 Å². The van der Waals surface area contributed by atoms with Crippen LogP contribution in [0.3, 0.4) is 0 Å². The van der Waals surface area contributed by atoms with Crippen LogP contribution in [0.5, 0.6) is 0 Å². The molecule has 0 fully saturated rings. The quantitative estimate of drug-likeness (QED) is 0.396. The van der Waals surface area contributed by atoms with Crippen molar-refractivity contribution >= 4 is 36.1 Å². The molecule has 0 rings (SSSR count). The number of aldehydes is 2. The summed E-state index contributed by atoms with van der Waals surface area (Å²) in [4.78, 5) is 68.1. The summed E-state index contributed by atoms with van der Waals surface area (Å²) in [6, 6.07) is 0. The Morgan fingerprint density at radius 3 is 2.17 bits per heavy atom. The largest absolute Gasteiger partial charge is 0.347 e. The molecule has 0 saturated carbocycles. The summed E-state index contributed by atoms with van der Waals surface area (Å²) >= 11 is 0. The van der Waals surface area contributed by atoms with Crippen LogP contribution in [-0.4, -0.2) is 67.2 Å². The van der Waals surface area contributed by atoms with Crippen molar-refractivity contribution < 1.29 is 28.8 Å². The van der Waals surface area contributed by atoms with Gasteiger partial charge in [0.05, 0.1) is 26.2 Å². The summed E-state index contributed by atoms with van der Waals surface area (Å²) in [7, 11) is 0. The maximum absolute atomic E-state index is 11.9. The zero-order valence-electron chi connectivity index (χ0n) is 13.7. The molecule has 0 aromatic rings. The summed E-state index contributed by atoms with van der Waals surface area (Å²) in [6.07, 6.45) is 2.07. The Morgan fingerprint density at radius 2 is 1.58 bits per heavy atom. The van der Waals surface area contributed by atoms with Gasteiger partial charge in [-0.2, -0.15) is 0 Å². The van der Waals surface area contributed by atoms with Crippen molar-refractivity contribution in [3.05, 3.63) is 0 Å². The third-order valence-corrected chi connectivity index (χ3v) is 2.92. The van der Waals surface area contributed by atoms with Gasteiger partial charge < -0.3 is 25.1 Å². The van der Waals surface area contributed by atoms with E-state index >= 15 is 0 Å². The average molecular weight is 341 g/mol. The van der Waals surface area contributed by atoms with Crippen LogP contribution in [0, 0.1) is 0 Å². The fraction of sp³-hybridized carbons (Fsp3) is 0.600. The molecule has 9 nitrogen and oxygen atoms in total. The first-order valence-electron chi connectivity index (χ1n) is 7.64. The van der Waals surface area contributed by atoms with Gasteiger partial charge in [-0.3, -0.25) is 19.2 Å². The Balaban J connectivity index is 4.28. The predicted octanol–water partition coefficient (Wildman–Crippen LogP) is -1.41. The zero-order valence-corrected chi connectivity index (χ0v) is 13.7. The van der Waals surface area contributed by atoms with E-state index in [2.05, 4.69) is 10.6 Å². The van der Waals surface area contributed by atoms with Crippen LogP contribution in [-0.2, 0) is 28.8 Å². The first kappa shape index (κ1) is 21.4. The number of hydrogen-bond acceptors (Lipinski definition) is 6. The van der Waals surface area contributed by atoms with Gasteiger partial charge >= 0.3 is 0 Å². The zero-order chi connectivity index (χ0) is 18.4. The maximum Gasteiger partial charge on any atom is 0.242 e. The lowest BCUT2D eigenvalue weighted by molar-refractivity contribution is -0.137. The standard InChI is InChI=1S/C15H23N3O6/c1-2-4-13(22)16-9-14(23)17-10-15(24)18(6-8-20)11-12(21)5-3-7-19/h7-8H,2-6,9-11H2,1H3,(H,16,22)(H,17,23). The van der Waals surface area contributed by atoms with Gasteiger partial charge in [-0.1, -0.05) is 6.92 Å². The predicted molar refractivity (Wildman–Crippen MR) is 83.9 cm³/mol. The van der Waals surface area contributed by atoms with Gasteiger partial charge in [-0.25, -0.2) is 0 Å². The van der Waals surface area contributed by atoms with Gasteiger partial charge in [0.25, 0.3) is 0 Å². The number of rotatable bonds is 13. The van der Waals surface area contributed by atoms with E-state index in [9.17, 15) is 28.8 Å². The Hall–Kier alpha value is -2.58. The normalized spacial score (nSPS) is 9.71. The molecule has 0 aromatic carbocycles. The molecule has 0 spiro atoms. The van der Waals surface area contributed by atoms with E-state index in [1.54, 1.807) is 0 Å². The van der Waals surface area contributed by atoms with Crippen molar-refractivity contribution in [1.82, 2.24) is 15.5 Å². The van der Waals surface area contributed by atoms with Gasteiger partial charge in [0.2, 0.25) is 17.7 Å². The van der Waals surface area contributed by atoms with Crippen LogP contribution < -0.4 is 10.6 Å². The molecular weight excluding hydrogens is 318 g/mol. The van der Waals surface area contributed by atoms with E-state index in [-0.39, 0.29) is 44.2 Å². The van der Waals surface area contributed by atoms with Crippen LogP contribution in [0.2, 0.25) is 0 Å². The number of ketones is 1. The molecule has 0 atom stereocenters. The number of carbonyl (C=O) groups excluding carboxylic acids is 6. The highest BCUT2D eigenvalue weighted by Crippen LogP contribution is 1.94. The molecule has 0 saturated heterocycles. The fourth-order valence-electron chi connectivity index (χ4n) is 1.70. The Labute approximate surface area is 140 Å². The molecule has 0 bridgehead atoms. The lowest BCUT2D eigenvalue weighted by Gasteiger charge is -2.19. The molecule has 0 heterocycles. The van der Waals surface area contributed by atoms with Crippen molar-refractivity contribution in [2.24, 2.45) is 0 Å². The molecule has 0 unspecified atom stereocenters. The van der Waals surface area contributed by atoms with E-state index < -0.39 is 18.4 Å². The highest BCUT2D eigenvalue weighted by atomic mass is 16.2. The number of amides is 3. The Morgan fingerprint density at radius 1 is 0.917 bits per heavy atom. The highest BCUT2D eigenvalue weighted by Gasteiger charge is 2.17. The summed E-state index contributed by atoms with van der Waals surface area (Å²) < 4.78 is 0. The van der Waals surface area contributed by atoms with E-state index in [0.29, 0.717) is 25.4 Å². The molecule has 0 aliphatic rings. The third kappa shape index (κ3) is 10.2. The van der Waals surface area contributed by atoms with E-state index in [0.717, 1.165) is 4.90 Å². The number of nitrogens with one attached hydrogen (secondary N) is 2. The van der Waals surface area contributed by atoms with Crippen LogP contribution in [0.4, 0.5) is 0 Å². The molecular formula is C15H23N3O6. The van der Waals surface area contributed by atoms with Gasteiger partial charge in [0, 0.05) is 19.3 Å². The molecule has 9 heteroatoms. The van der Waals surface area contributed by atoms with E-state index in [4.69, 9.17) is 0 Å². The summed E-state index contributed by atoms with van der Waals surface area (Å²) in [5.41, 5.74) is 0. The maximum atomic E-state index is 11.9. The van der Waals surface area contributed by atoms with Crippen LogP contribution >= 0.6 is 0 Å². The number of carbonyl (C=O) groups is 6. The molecule has 2 N–H and O–H groups in total. The minimum absolute atomic E-state index is 0.0119. The smallest absolute Gasteiger partial charge is 0.242 e. The summed E-state index contributed by atoms with van der Waals surface area (Å²) in [5, 5.41) is 4.70. The van der Waals surface area contributed by atoms with Gasteiger partial charge in [0.15, 0.2) is 5.78 Å². The first-order valence-corrected chi connectivity index (χ1v) is 7.64. The molecule has 0 aliphatic heterocycles. The second kappa shape index (κ2) is 12.9. The number of nitrogens with zero attached hydrogens (tertiary/aromatic N) is 1. The molecule has 24 heavy (non-hydrogen) atoms. The molecule has 0 radical (unpaired) electrons. The first-order chi connectivity index (χ1) is 11.4. The van der Waals surface area contributed by atoms with E-state index in [1.165, 1.54) is 0 Å². The third-order valence-electron chi connectivity index (χ3n) is 2.92. The number of hydrogen-bond donors (Lipinski definition) is 2. The lowest BCUT2D eigenvalue weighted by atomic mass is 10.2. The topological polar surface area (TPSA) is 130 Å². The summed E-state index contributed by atoms with van der Waals surface area (Å²) in [5.74, 6) is -1.77. The minimum atomic E-state index is -0.602. The van der Waals surface area contributed by atoms with Crippen LogP contribution in [0.15, 0.2) is 0 Å². The van der Waals surface area contributed by atoms with Crippen molar-refractivity contribution in [1.29, 1.82) is 0 Å². The molecule has 3 amide bonds. The SMILES string of the molecule is CCCC(=O)NCC(=O)NCC(=O)N(CC=O)CC(=O)CCC=O. The van der Waals surface area contributed by atoms with Gasteiger partial charge in [0.1, 0.15) is 12.6 Å². The molecule has 0 aromatic heterocycles. The van der Waals surface area contributed by atoms with Crippen LogP contribution in [0.1, 0.15) is 32.6 Å². The van der Waals surface area contributed by atoms with Crippen LogP contribution in [0.25, 0.3) is 0 Å². The Bertz CT molecular complexity index is 478. The fourth-order valence-corrected chi connectivity index (χ4v) is 1.70.